The fourth-order valence-electron chi connectivity index (χ4n) is 1.95. The van der Waals surface area contributed by atoms with Crippen LogP contribution in [0.4, 0.5) is 5.69 Å². The monoisotopic (exact) mass is 348 g/mol. The van der Waals surface area contributed by atoms with Crippen LogP contribution in [0.5, 0.6) is 5.75 Å². The molecule has 0 aromatic heterocycles. The summed E-state index contributed by atoms with van der Waals surface area (Å²) >= 11 is 3.45. The smallest absolute Gasteiger partial charge is 0.241 e. The maximum Gasteiger partial charge on any atom is 0.241 e. The van der Waals surface area contributed by atoms with E-state index in [1.54, 1.807) is 24.3 Å². The number of hydrogen-bond acceptors (Lipinski definition) is 3. The van der Waals surface area contributed by atoms with Crippen LogP contribution in [0.2, 0.25) is 0 Å². The first-order chi connectivity index (χ1) is 9.97. The minimum atomic E-state index is -0.651. The highest BCUT2D eigenvalue weighted by molar-refractivity contribution is 9.10. The van der Waals surface area contributed by atoms with Crippen molar-refractivity contribution in [3.05, 3.63) is 58.1 Å². The summed E-state index contributed by atoms with van der Waals surface area (Å²) in [6.07, 6.45) is 0.412. The van der Waals surface area contributed by atoms with Crippen LogP contribution in [0.1, 0.15) is 11.1 Å². The molecule has 0 radical (unpaired) electrons. The van der Waals surface area contributed by atoms with E-state index in [1.165, 1.54) is 0 Å². The second-order valence-corrected chi connectivity index (χ2v) is 5.70. The van der Waals surface area contributed by atoms with Gasteiger partial charge in [-0.15, -0.1) is 0 Å². The minimum Gasteiger partial charge on any atom is -0.508 e. The van der Waals surface area contributed by atoms with Crippen LogP contribution in [0.25, 0.3) is 0 Å². The number of halogens is 1. The van der Waals surface area contributed by atoms with Crippen molar-refractivity contribution in [1.29, 1.82) is 0 Å². The molecule has 0 bridgehead atoms. The van der Waals surface area contributed by atoms with Crippen LogP contribution in [0.3, 0.4) is 0 Å². The quantitative estimate of drug-likeness (QED) is 0.794. The van der Waals surface area contributed by atoms with Crippen molar-refractivity contribution in [1.82, 2.24) is 0 Å². The van der Waals surface area contributed by atoms with Gasteiger partial charge in [0.25, 0.3) is 0 Å². The van der Waals surface area contributed by atoms with Gasteiger partial charge in [-0.3, -0.25) is 4.79 Å². The largest absolute Gasteiger partial charge is 0.508 e. The maximum atomic E-state index is 12.1. The number of benzene rings is 2. The Morgan fingerprint density at radius 2 is 1.95 bits per heavy atom. The van der Waals surface area contributed by atoms with E-state index < -0.39 is 6.04 Å². The average molecular weight is 349 g/mol. The van der Waals surface area contributed by atoms with Crippen LogP contribution >= 0.6 is 15.9 Å². The van der Waals surface area contributed by atoms with Gasteiger partial charge >= 0.3 is 0 Å². The average Bonchev–Trinajstić information content (AvgIpc) is 2.46. The number of nitrogens with one attached hydrogen (secondary N) is 1. The van der Waals surface area contributed by atoms with Crippen molar-refractivity contribution in [2.45, 2.75) is 19.4 Å². The van der Waals surface area contributed by atoms with Crippen LogP contribution < -0.4 is 11.1 Å². The third-order valence-corrected chi connectivity index (χ3v) is 4.23. The third kappa shape index (κ3) is 4.06. The SMILES string of the molecule is Cc1cccc(NC(=O)[C@@H](N)Cc2ccc(O)cc2)c1Br. The zero-order valence-electron chi connectivity index (χ0n) is 11.6. The van der Waals surface area contributed by atoms with Crippen molar-refractivity contribution < 1.29 is 9.90 Å². The third-order valence-electron chi connectivity index (χ3n) is 3.18. The summed E-state index contributed by atoms with van der Waals surface area (Å²) in [5, 5.41) is 12.1. The minimum absolute atomic E-state index is 0.195. The first kappa shape index (κ1) is 15.5. The molecule has 1 atom stereocenters. The number of carbonyl (C=O) groups is 1. The van der Waals surface area contributed by atoms with Gasteiger partial charge in [0.05, 0.1) is 11.7 Å². The zero-order valence-corrected chi connectivity index (χ0v) is 13.2. The lowest BCUT2D eigenvalue weighted by atomic mass is 10.1. The van der Waals surface area contributed by atoms with E-state index in [0.717, 1.165) is 15.6 Å². The summed E-state index contributed by atoms with van der Waals surface area (Å²) in [6, 6.07) is 11.7. The number of anilines is 1. The highest BCUT2D eigenvalue weighted by Crippen LogP contribution is 2.25. The summed E-state index contributed by atoms with van der Waals surface area (Å²) in [4.78, 5) is 12.1. The molecule has 0 spiro atoms. The Morgan fingerprint density at radius 1 is 1.29 bits per heavy atom. The normalized spacial score (nSPS) is 12.0. The lowest BCUT2D eigenvalue weighted by Crippen LogP contribution is -2.37. The molecule has 5 heteroatoms. The molecule has 0 heterocycles. The summed E-state index contributed by atoms with van der Waals surface area (Å²) in [5.74, 6) is -0.0464. The van der Waals surface area contributed by atoms with Crippen molar-refractivity contribution >= 4 is 27.5 Å². The van der Waals surface area contributed by atoms with Gasteiger partial charge in [0.1, 0.15) is 5.75 Å². The number of hydrogen-bond donors (Lipinski definition) is 3. The maximum absolute atomic E-state index is 12.1. The van der Waals surface area contributed by atoms with Gasteiger partial charge in [-0.05, 0) is 58.6 Å². The lowest BCUT2D eigenvalue weighted by molar-refractivity contribution is -0.117. The number of amides is 1. The van der Waals surface area contributed by atoms with Crippen LogP contribution in [0, 0.1) is 6.92 Å². The van der Waals surface area contributed by atoms with E-state index >= 15 is 0 Å². The Bertz CT molecular complexity index is 641. The first-order valence-electron chi connectivity index (χ1n) is 6.57. The molecule has 0 saturated heterocycles. The van der Waals surface area contributed by atoms with Crippen LogP contribution in [-0.4, -0.2) is 17.1 Å². The predicted octanol–water partition coefficient (Wildman–Crippen LogP) is 2.97. The fraction of sp³-hybridized carbons (Fsp3) is 0.188. The molecule has 4 N–H and O–H groups in total. The van der Waals surface area contributed by atoms with Gasteiger partial charge in [0.15, 0.2) is 0 Å². The molecule has 2 aromatic rings. The number of phenolic OH excluding ortho intramolecular Hbond substituents is 1. The van der Waals surface area contributed by atoms with Gasteiger partial charge in [0.2, 0.25) is 5.91 Å². The number of nitrogens with two attached hydrogens (primary N) is 1. The summed E-state index contributed by atoms with van der Waals surface area (Å²) in [5.41, 5.74) is 8.59. The predicted molar refractivity (Wildman–Crippen MR) is 87.3 cm³/mol. The van der Waals surface area contributed by atoms with E-state index in [4.69, 9.17) is 5.73 Å². The van der Waals surface area contributed by atoms with E-state index in [-0.39, 0.29) is 11.7 Å². The molecule has 2 aromatic carbocycles. The molecule has 4 nitrogen and oxygen atoms in total. The van der Waals surface area contributed by atoms with Gasteiger partial charge in [-0.2, -0.15) is 0 Å². The molecule has 110 valence electrons. The number of aryl methyl sites for hydroxylation is 1. The number of aromatic hydroxyl groups is 1. The molecule has 1 amide bonds. The van der Waals surface area contributed by atoms with Crippen molar-refractivity contribution in [2.75, 3.05) is 5.32 Å². The molecule has 2 rings (SSSR count). The number of rotatable bonds is 4. The molecule has 0 aliphatic rings. The number of phenols is 1. The second-order valence-electron chi connectivity index (χ2n) is 4.90. The van der Waals surface area contributed by atoms with Crippen molar-refractivity contribution in [2.24, 2.45) is 5.73 Å². The lowest BCUT2D eigenvalue weighted by Gasteiger charge is -2.14. The van der Waals surface area contributed by atoms with Crippen molar-refractivity contribution in [3.63, 3.8) is 0 Å². The topological polar surface area (TPSA) is 75.4 Å². The van der Waals surface area contributed by atoms with E-state index in [9.17, 15) is 9.90 Å². The highest BCUT2D eigenvalue weighted by atomic mass is 79.9. The fourth-order valence-corrected chi connectivity index (χ4v) is 2.31. The standard InChI is InChI=1S/C16H17BrN2O2/c1-10-3-2-4-14(15(10)17)19-16(21)13(18)9-11-5-7-12(20)8-6-11/h2-8,13,20H,9,18H2,1H3,(H,19,21)/t13-/m0/s1. The highest BCUT2D eigenvalue weighted by Gasteiger charge is 2.15. The Morgan fingerprint density at radius 3 is 2.62 bits per heavy atom. The van der Waals surface area contributed by atoms with Gasteiger partial charge < -0.3 is 16.2 Å². The van der Waals surface area contributed by atoms with Gasteiger partial charge in [0, 0.05) is 4.47 Å². The Labute approximate surface area is 132 Å². The molecule has 21 heavy (non-hydrogen) atoms. The van der Waals surface area contributed by atoms with Gasteiger partial charge in [-0.1, -0.05) is 24.3 Å². The van der Waals surface area contributed by atoms with Gasteiger partial charge in [-0.25, -0.2) is 0 Å². The molecule has 0 aliphatic heterocycles. The summed E-state index contributed by atoms with van der Waals surface area (Å²) < 4.78 is 0.857. The van der Waals surface area contributed by atoms with E-state index in [0.29, 0.717) is 12.1 Å². The summed E-state index contributed by atoms with van der Waals surface area (Å²) in [7, 11) is 0. The molecular weight excluding hydrogens is 332 g/mol. The molecular formula is C16H17BrN2O2. The molecule has 0 unspecified atom stereocenters. The second kappa shape index (κ2) is 6.74. The first-order valence-corrected chi connectivity index (χ1v) is 7.36. The molecule has 0 aliphatic carbocycles. The van der Waals surface area contributed by atoms with E-state index in [2.05, 4.69) is 21.2 Å². The van der Waals surface area contributed by atoms with E-state index in [1.807, 2.05) is 25.1 Å². The summed E-state index contributed by atoms with van der Waals surface area (Å²) in [6.45, 7) is 1.95. The Hall–Kier alpha value is -1.85. The Balaban J connectivity index is 2.02. The Kier molecular flexibility index (Phi) is 4.98. The molecule has 0 fully saturated rings. The van der Waals surface area contributed by atoms with Crippen molar-refractivity contribution in [3.8, 4) is 5.75 Å². The number of carbonyl (C=O) groups excluding carboxylic acids is 1. The van der Waals surface area contributed by atoms with Crippen LogP contribution in [0.15, 0.2) is 46.9 Å². The van der Waals surface area contributed by atoms with Crippen LogP contribution in [-0.2, 0) is 11.2 Å². The molecule has 0 saturated carbocycles. The zero-order chi connectivity index (χ0) is 15.4.